The van der Waals surface area contributed by atoms with Gasteiger partial charge in [-0.25, -0.2) is 0 Å². The van der Waals surface area contributed by atoms with Gasteiger partial charge in [0.1, 0.15) is 6.61 Å². The van der Waals surface area contributed by atoms with E-state index in [9.17, 15) is 9.90 Å². The van der Waals surface area contributed by atoms with Crippen molar-refractivity contribution in [2.75, 3.05) is 40.5 Å². The molecular formula is C15H23NO4. The normalized spacial score (nSPS) is 12.6. The summed E-state index contributed by atoms with van der Waals surface area (Å²) in [6, 6.07) is 9.85. The van der Waals surface area contributed by atoms with Gasteiger partial charge in [0.25, 0.3) is 0 Å². The zero-order chi connectivity index (χ0) is 14.8. The average molecular weight is 281 g/mol. The summed E-state index contributed by atoms with van der Waals surface area (Å²) in [7, 11) is 3.04. The molecule has 0 unspecified atom stereocenters. The van der Waals surface area contributed by atoms with E-state index in [0.717, 1.165) is 5.56 Å². The fourth-order valence-electron chi connectivity index (χ4n) is 2.03. The van der Waals surface area contributed by atoms with Gasteiger partial charge in [0.2, 0.25) is 0 Å². The summed E-state index contributed by atoms with van der Waals surface area (Å²) in [5.41, 5.74) is 1.10. The van der Waals surface area contributed by atoms with Crippen molar-refractivity contribution in [1.82, 2.24) is 4.90 Å². The van der Waals surface area contributed by atoms with Crippen LogP contribution in [0.5, 0.6) is 0 Å². The number of ketones is 1. The van der Waals surface area contributed by atoms with Crippen molar-refractivity contribution < 1.29 is 19.4 Å². The molecule has 1 atom stereocenters. The van der Waals surface area contributed by atoms with E-state index in [1.54, 1.807) is 7.11 Å². The molecule has 1 N–H and O–H groups in total. The molecule has 1 rings (SSSR count). The minimum Gasteiger partial charge on any atom is -0.389 e. The SMILES string of the molecule is COCC(=O)CN(Cc1ccccc1)C[C@H](O)COC. The number of aliphatic hydroxyl groups is 1. The van der Waals surface area contributed by atoms with Crippen LogP contribution >= 0.6 is 0 Å². The van der Waals surface area contributed by atoms with Crippen LogP contribution in [0.2, 0.25) is 0 Å². The molecule has 1 aromatic carbocycles. The van der Waals surface area contributed by atoms with Crippen LogP contribution in [0.4, 0.5) is 0 Å². The van der Waals surface area contributed by atoms with Gasteiger partial charge in [-0.3, -0.25) is 9.69 Å². The number of nitrogens with zero attached hydrogens (tertiary/aromatic N) is 1. The summed E-state index contributed by atoms with van der Waals surface area (Å²) in [5, 5.41) is 9.83. The van der Waals surface area contributed by atoms with E-state index in [1.807, 2.05) is 35.2 Å². The Balaban J connectivity index is 2.60. The van der Waals surface area contributed by atoms with Crippen LogP contribution in [0.15, 0.2) is 30.3 Å². The van der Waals surface area contributed by atoms with Crippen LogP contribution in [-0.4, -0.2) is 62.4 Å². The van der Waals surface area contributed by atoms with Gasteiger partial charge >= 0.3 is 0 Å². The second-order valence-electron chi connectivity index (χ2n) is 4.74. The smallest absolute Gasteiger partial charge is 0.172 e. The van der Waals surface area contributed by atoms with Crippen molar-refractivity contribution in [3.05, 3.63) is 35.9 Å². The summed E-state index contributed by atoms with van der Waals surface area (Å²) in [6.45, 7) is 1.59. The molecule has 0 heterocycles. The van der Waals surface area contributed by atoms with Crippen LogP contribution < -0.4 is 0 Å². The van der Waals surface area contributed by atoms with Crippen molar-refractivity contribution in [1.29, 1.82) is 0 Å². The van der Waals surface area contributed by atoms with Crippen LogP contribution in [0.25, 0.3) is 0 Å². The lowest BCUT2D eigenvalue weighted by molar-refractivity contribution is -0.124. The Morgan fingerprint density at radius 3 is 2.55 bits per heavy atom. The summed E-state index contributed by atoms with van der Waals surface area (Å²) in [5.74, 6) is -0.00644. The molecule has 0 fully saturated rings. The lowest BCUT2D eigenvalue weighted by Crippen LogP contribution is -2.38. The number of ether oxygens (including phenoxy) is 2. The van der Waals surface area contributed by atoms with E-state index >= 15 is 0 Å². The molecular weight excluding hydrogens is 258 g/mol. The first-order valence-corrected chi connectivity index (χ1v) is 6.59. The van der Waals surface area contributed by atoms with Crippen LogP contribution in [0, 0.1) is 0 Å². The molecule has 20 heavy (non-hydrogen) atoms. The van der Waals surface area contributed by atoms with Crippen molar-refractivity contribution >= 4 is 5.78 Å². The molecule has 0 aliphatic heterocycles. The molecule has 0 saturated heterocycles. The molecule has 0 aromatic heterocycles. The monoisotopic (exact) mass is 281 g/mol. The third kappa shape index (κ3) is 6.77. The second kappa shape index (κ2) is 9.61. The summed E-state index contributed by atoms with van der Waals surface area (Å²) in [4.78, 5) is 13.6. The van der Waals surface area contributed by atoms with Gasteiger partial charge < -0.3 is 14.6 Å². The first-order valence-electron chi connectivity index (χ1n) is 6.59. The first kappa shape index (κ1) is 16.8. The number of rotatable bonds is 10. The first-order chi connectivity index (χ1) is 9.65. The quantitative estimate of drug-likeness (QED) is 0.684. The van der Waals surface area contributed by atoms with Crippen molar-refractivity contribution in [2.24, 2.45) is 0 Å². The largest absolute Gasteiger partial charge is 0.389 e. The lowest BCUT2D eigenvalue weighted by Gasteiger charge is -2.24. The van der Waals surface area contributed by atoms with E-state index in [-0.39, 0.29) is 25.5 Å². The molecule has 0 spiro atoms. The highest BCUT2D eigenvalue weighted by atomic mass is 16.5. The predicted octanol–water partition coefficient (Wildman–Crippen LogP) is 0.711. The Kier molecular flexibility index (Phi) is 8.06. The van der Waals surface area contributed by atoms with Crippen LogP contribution in [0.1, 0.15) is 5.56 Å². The number of hydrogen-bond acceptors (Lipinski definition) is 5. The Bertz CT molecular complexity index is 383. The number of Topliss-reactive ketones (excluding diaryl/α,β-unsaturated/α-hetero) is 1. The number of benzene rings is 1. The fourth-order valence-corrected chi connectivity index (χ4v) is 2.03. The molecule has 5 nitrogen and oxygen atoms in total. The third-order valence-corrected chi connectivity index (χ3v) is 2.78. The van der Waals surface area contributed by atoms with E-state index < -0.39 is 6.10 Å². The Morgan fingerprint density at radius 2 is 1.95 bits per heavy atom. The van der Waals surface area contributed by atoms with E-state index in [2.05, 4.69) is 0 Å². The average Bonchev–Trinajstić information content (AvgIpc) is 2.40. The fraction of sp³-hybridized carbons (Fsp3) is 0.533. The maximum atomic E-state index is 11.7. The van der Waals surface area contributed by atoms with Gasteiger partial charge in [-0.1, -0.05) is 30.3 Å². The zero-order valence-electron chi connectivity index (χ0n) is 12.1. The van der Waals surface area contributed by atoms with Gasteiger partial charge in [-0.15, -0.1) is 0 Å². The minimum atomic E-state index is -0.612. The summed E-state index contributed by atoms with van der Waals surface area (Å²) in [6.07, 6.45) is -0.612. The Hall–Kier alpha value is -1.27. The molecule has 0 bridgehead atoms. The highest BCUT2D eigenvalue weighted by Crippen LogP contribution is 2.05. The Labute approximate surface area is 120 Å². The molecule has 112 valence electrons. The van der Waals surface area contributed by atoms with Crippen LogP contribution in [0.3, 0.4) is 0 Å². The van der Waals surface area contributed by atoms with Gasteiger partial charge in [0.05, 0.1) is 19.3 Å². The standard InChI is InChI=1S/C15H23NO4/c1-19-11-14(17)9-16(10-15(18)12-20-2)8-13-6-4-3-5-7-13/h3-7,14,17H,8-12H2,1-2H3/t14-/m0/s1. The van der Waals surface area contributed by atoms with Crippen molar-refractivity contribution in [3.8, 4) is 0 Å². The molecule has 0 amide bonds. The van der Waals surface area contributed by atoms with Gasteiger partial charge in [0.15, 0.2) is 5.78 Å². The molecule has 0 radical (unpaired) electrons. The summed E-state index contributed by atoms with van der Waals surface area (Å²) >= 11 is 0. The maximum absolute atomic E-state index is 11.7. The van der Waals surface area contributed by atoms with Crippen molar-refractivity contribution in [2.45, 2.75) is 12.6 Å². The minimum absolute atomic E-state index is 0.00644. The highest BCUT2D eigenvalue weighted by Gasteiger charge is 2.15. The highest BCUT2D eigenvalue weighted by molar-refractivity contribution is 5.81. The zero-order valence-corrected chi connectivity index (χ0v) is 12.1. The van der Waals surface area contributed by atoms with Crippen LogP contribution in [-0.2, 0) is 20.8 Å². The predicted molar refractivity (Wildman–Crippen MR) is 76.5 cm³/mol. The van der Waals surface area contributed by atoms with E-state index in [1.165, 1.54) is 7.11 Å². The molecule has 1 aromatic rings. The Morgan fingerprint density at radius 1 is 1.25 bits per heavy atom. The summed E-state index contributed by atoms with van der Waals surface area (Å²) < 4.78 is 9.76. The van der Waals surface area contributed by atoms with Crippen molar-refractivity contribution in [3.63, 3.8) is 0 Å². The number of hydrogen-bond donors (Lipinski definition) is 1. The molecule has 0 saturated carbocycles. The topological polar surface area (TPSA) is 59.0 Å². The number of methoxy groups -OCH3 is 2. The number of aliphatic hydroxyl groups excluding tert-OH is 1. The van der Waals surface area contributed by atoms with Gasteiger partial charge in [0, 0.05) is 27.3 Å². The number of carbonyl (C=O) groups is 1. The molecule has 0 aliphatic carbocycles. The third-order valence-electron chi connectivity index (χ3n) is 2.78. The second-order valence-corrected chi connectivity index (χ2v) is 4.74. The van der Waals surface area contributed by atoms with Gasteiger partial charge in [-0.2, -0.15) is 0 Å². The number of carbonyl (C=O) groups excluding carboxylic acids is 1. The van der Waals surface area contributed by atoms with Gasteiger partial charge in [-0.05, 0) is 5.56 Å². The molecule has 0 aliphatic rings. The van der Waals surface area contributed by atoms with E-state index in [0.29, 0.717) is 13.1 Å². The maximum Gasteiger partial charge on any atom is 0.172 e. The molecule has 5 heteroatoms. The lowest BCUT2D eigenvalue weighted by atomic mass is 10.2. The van der Waals surface area contributed by atoms with E-state index in [4.69, 9.17) is 9.47 Å².